The summed E-state index contributed by atoms with van der Waals surface area (Å²) in [5.41, 5.74) is 1.04. The Morgan fingerprint density at radius 1 is 1.04 bits per heavy atom. The van der Waals surface area contributed by atoms with Crippen molar-refractivity contribution in [3.63, 3.8) is 0 Å². The van der Waals surface area contributed by atoms with Crippen LogP contribution in [0.15, 0.2) is 35.7 Å². The molecule has 7 unspecified atom stereocenters. The molecule has 3 rings (SSSR count). The number of piperidine rings is 1. The summed E-state index contributed by atoms with van der Waals surface area (Å²) in [5.74, 6) is -3.63. The number of likely N-dealkylation sites (tertiary alicyclic amines) is 1. The Bertz CT molecular complexity index is 1520. The molecule has 7 atom stereocenters. The molecule has 14 heteroatoms. The van der Waals surface area contributed by atoms with Gasteiger partial charge in [-0.2, -0.15) is 0 Å². The molecule has 3 amide bonds. The minimum Gasteiger partial charge on any atom is -0.481 e. The van der Waals surface area contributed by atoms with Crippen molar-refractivity contribution in [2.45, 2.75) is 130 Å². The minimum atomic E-state index is -1.18. The number of rotatable bonds is 21. The molecule has 54 heavy (non-hydrogen) atoms. The van der Waals surface area contributed by atoms with Crippen LogP contribution in [0.4, 0.5) is 0 Å². The highest BCUT2D eigenvalue weighted by Crippen LogP contribution is 2.29. The van der Waals surface area contributed by atoms with E-state index in [2.05, 4.69) is 15.6 Å². The van der Waals surface area contributed by atoms with Gasteiger partial charge < -0.3 is 30.5 Å². The summed E-state index contributed by atoms with van der Waals surface area (Å²) in [5, 5.41) is 28.9. The lowest BCUT2D eigenvalue weighted by Crippen LogP contribution is -2.59. The third kappa shape index (κ3) is 13.2. The number of aliphatic hydroxyl groups is 1. The molecule has 300 valence electrons. The average molecular weight is 772 g/mol. The number of aliphatic carboxylic acids is 1. The summed E-state index contributed by atoms with van der Waals surface area (Å²) in [6.45, 7) is 11.6. The summed E-state index contributed by atoms with van der Waals surface area (Å²) >= 11 is 1.11. The fourth-order valence-electron chi connectivity index (χ4n) is 6.77. The van der Waals surface area contributed by atoms with Gasteiger partial charge in [-0.1, -0.05) is 84.7 Å². The first-order valence-corrected chi connectivity index (χ1v) is 20.2. The number of ether oxygens (including phenoxy) is 1. The van der Waals surface area contributed by atoms with Crippen LogP contribution < -0.4 is 10.6 Å². The molecule has 1 fully saturated rings. The second-order valence-electron chi connectivity index (χ2n) is 15.0. The Kier molecular flexibility index (Phi) is 18.0. The van der Waals surface area contributed by atoms with E-state index in [1.165, 1.54) is 4.90 Å². The first-order chi connectivity index (χ1) is 25.7. The molecule has 2 heterocycles. The van der Waals surface area contributed by atoms with Gasteiger partial charge in [0.05, 0.1) is 12.0 Å². The molecule has 4 N–H and O–H groups in total. The molecule has 1 aromatic heterocycles. The molecule has 1 aliphatic heterocycles. The Morgan fingerprint density at radius 2 is 1.74 bits per heavy atom. The minimum absolute atomic E-state index is 0.0304. The average Bonchev–Trinajstić information content (AvgIpc) is 3.64. The van der Waals surface area contributed by atoms with E-state index in [4.69, 9.17) is 4.74 Å². The number of carboxylic acids is 1. The fraction of sp³-hybridized carbons (Fsp3) is 0.650. The Morgan fingerprint density at radius 3 is 2.35 bits per heavy atom. The number of benzene rings is 1. The zero-order valence-electron chi connectivity index (χ0n) is 33.0. The van der Waals surface area contributed by atoms with Crippen LogP contribution in [-0.4, -0.2) is 99.1 Å². The molecule has 0 saturated carbocycles. The molecule has 1 aliphatic rings. The lowest BCUT2D eigenvalue weighted by atomic mass is 9.92. The van der Waals surface area contributed by atoms with Gasteiger partial charge in [0.25, 0.3) is 5.91 Å². The number of hydrogen-bond acceptors (Lipinski definition) is 10. The Hall–Kier alpha value is -3.88. The number of amides is 3. The van der Waals surface area contributed by atoms with E-state index in [9.17, 15) is 34.2 Å². The van der Waals surface area contributed by atoms with Gasteiger partial charge in [-0.15, -0.1) is 11.3 Å². The van der Waals surface area contributed by atoms with Crippen molar-refractivity contribution in [1.29, 1.82) is 0 Å². The predicted octanol–water partition coefficient (Wildman–Crippen LogP) is 5.19. The van der Waals surface area contributed by atoms with Crippen LogP contribution in [-0.2, 0) is 30.3 Å². The van der Waals surface area contributed by atoms with Crippen LogP contribution in [0.3, 0.4) is 0 Å². The van der Waals surface area contributed by atoms with E-state index in [1.807, 2.05) is 76.9 Å². The van der Waals surface area contributed by atoms with E-state index >= 15 is 0 Å². The lowest BCUT2D eigenvalue weighted by molar-refractivity contribution is -0.159. The highest BCUT2D eigenvalue weighted by Gasteiger charge is 2.38. The molecule has 1 aromatic carbocycles. The first kappa shape index (κ1) is 44.5. The normalized spacial score (nSPS) is 18.1. The lowest BCUT2D eigenvalue weighted by Gasteiger charge is -2.39. The molecule has 2 aromatic rings. The van der Waals surface area contributed by atoms with Crippen LogP contribution in [0.5, 0.6) is 0 Å². The van der Waals surface area contributed by atoms with Crippen molar-refractivity contribution < 1.29 is 38.9 Å². The summed E-state index contributed by atoms with van der Waals surface area (Å²) in [6.07, 6.45) is 3.51. The van der Waals surface area contributed by atoms with E-state index in [1.54, 1.807) is 12.3 Å². The molecule has 0 spiro atoms. The number of carbonyl (C=O) groups is 5. The van der Waals surface area contributed by atoms with Crippen molar-refractivity contribution in [2.24, 2.45) is 17.8 Å². The van der Waals surface area contributed by atoms with Crippen LogP contribution in [0.25, 0.3) is 0 Å². The number of nitrogens with one attached hydrogen (secondary N) is 2. The number of nitrogens with zero attached hydrogens (tertiary/aromatic N) is 3. The second kappa shape index (κ2) is 21.9. The number of hydrogen-bond donors (Lipinski definition) is 4. The fourth-order valence-corrected chi connectivity index (χ4v) is 7.57. The first-order valence-electron chi connectivity index (χ1n) is 19.3. The number of likely N-dealkylation sites (N-methyl/N-ethyl adjacent to an activating group) is 1. The molecule has 0 bridgehead atoms. The maximum absolute atomic E-state index is 14.5. The zero-order valence-corrected chi connectivity index (χ0v) is 33.8. The second-order valence-corrected chi connectivity index (χ2v) is 15.9. The highest BCUT2D eigenvalue weighted by molar-refractivity contribution is 7.09. The monoisotopic (exact) mass is 771 g/mol. The Labute approximate surface area is 324 Å². The smallest absolute Gasteiger partial charge is 0.307 e. The van der Waals surface area contributed by atoms with Crippen molar-refractivity contribution in [2.75, 3.05) is 20.3 Å². The Balaban J connectivity index is 1.84. The van der Waals surface area contributed by atoms with Crippen molar-refractivity contribution in [3.8, 4) is 0 Å². The van der Waals surface area contributed by atoms with Crippen molar-refractivity contribution in [3.05, 3.63) is 52.0 Å². The maximum Gasteiger partial charge on any atom is 0.307 e. The topological polar surface area (TPSA) is 178 Å². The zero-order chi connectivity index (χ0) is 39.9. The molecule has 0 radical (unpaired) electrons. The summed E-state index contributed by atoms with van der Waals surface area (Å²) < 4.78 is 5.60. The summed E-state index contributed by atoms with van der Waals surface area (Å²) in [7, 11) is 1.91. The van der Waals surface area contributed by atoms with E-state index in [0.29, 0.717) is 25.7 Å². The van der Waals surface area contributed by atoms with Gasteiger partial charge in [-0.05, 0) is 63.1 Å². The van der Waals surface area contributed by atoms with Gasteiger partial charge in [-0.25, -0.2) is 4.98 Å². The largest absolute Gasteiger partial charge is 0.481 e. The van der Waals surface area contributed by atoms with Crippen molar-refractivity contribution in [1.82, 2.24) is 25.4 Å². The maximum atomic E-state index is 14.5. The van der Waals surface area contributed by atoms with Gasteiger partial charge in [0.15, 0.2) is 6.73 Å². The SMILES string of the molecule is CCCC(=O)OCN(C(=O)C(NC(=O)C1CCCCN1C)C(C)CC)C(CC(O)c1nc(C(=O)NC(Cc2ccccc2)CC(C)C(=O)O)cs1)C(C)C. The number of aromatic nitrogens is 1. The van der Waals surface area contributed by atoms with Crippen LogP contribution >= 0.6 is 11.3 Å². The molecule has 0 aliphatic carbocycles. The van der Waals surface area contributed by atoms with E-state index in [0.717, 1.165) is 36.3 Å². The van der Waals surface area contributed by atoms with Gasteiger partial charge >= 0.3 is 11.9 Å². The van der Waals surface area contributed by atoms with E-state index < -0.39 is 53.9 Å². The molecule has 1 saturated heterocycles. The third-order valence-electron chi connectivity index (χ3n) is 10.3. The molecule has 13 nitrogen and oxygen atoms in total. The van der Waals surface area contributed by atoms with Crippen LogP contribution in [0, 0.1) is 17.8 Å². The summed E-state index contributed by atoms with van der Waals surface area (Å²) in [4.78, 5) is 73.7. The number of carboxylic acid groups (broad SMARTS) is 1. The van der Waals surface area contributed by atoms with Gasteiger partial charge in [0.1, 0.15) is 22.8 Å². The predicted molar refractivity (Wildman–Crippen MR) is 208 cm³/mol. The number of thiazole rings is 1. The van der Waals surface area contributed by atoms with Gasteiger partial charge in [-0.3, -0.25) is 28.9 Å². The van der Waals surface area contributed by atoms with Gasteiger partial charge in [0.2, 0.25) is 11.8 Å². The van der Waals surface area contributed by atoms with Crippen LogP contribution in [0.2, 0.25) is 0 Å². The number of esters is 1. The molecular weight excluding hydrogens is 711 g/mol. The highest BCUT2D eigenvalue weighted by atomic mass is 32.1. The van der Waals surface area contributed by atoms with Crippen molar-refractivity contribution >= 4 is 41.0 Å². The molecular formula is C40H61N5O8S. The van der Waals surface area contributed by atoms with E-state index in [-0.39, 0.29) is 60.5 Å². The van der Waals surface area contributed by atoms with Gasteiger partial charge in [0, 0.05) is 30.3 Å². The standard InChI is InChI=1S/C40H61N5O8S/c1-8-15-34(47)53-24-45(39(50)35(26(5)9-2)43-37(49)31-18-13-14-19-44(31)7)32(25(3)4)22-33(46)38-42-30(23-54-38)36(48)41-29(20-27(6)40(51)52)21-28-16-11-10-12-17-28/h10-12,16-17,23,25-27,29,31-33,35,46H,8-9,13-15,18-22,24H2,1-7H3,(H,41,48)(H,43,49)(H,51,52). The quantitative estimate of drug-likeness (QED) is 0.0976. The van der Waals surface area contributed by atoms with Crippen LogP contribution in [0.1, 0.15) is 120 Å². The number of aliphatic hydroxyl groups excluding tert-OH is 1. The summed E-state index contributed by atoms with van der Waals surface area (Å²) in [6, 6.07) is 7.15. The number of carbonyl (C=O) groups excluding carboxylic acids is 4. The third-order valence-corrected chi connectivity index (χ3v) is 11.3.